The van der Waals surface area contributed by atoms with E-state index in [0.717, 1.165) is 10.5 Å². The number of anilines is 2. The third-order valence-electron chi connectivity index (χ3n) is 6.27. The number of carbonyl (C=O) groups is 3. The van der Waals surface area contributed by atoms with Crippen molar-refractivity contribution in [2.24, 2.45) is 0 Å². The predicted octanol–water partition coefficient (Wildman–Crippen LogP) is 6.94. The number of furan rings is 1. The van der Waals surface area contributed by atoms with Crippen molar-refractivity contribution in [1.29, 1.82) is 0 Å². The second kappa shape index (κ2) is 14.4. The van der Waals surface area contributed by atoms with Gasteiger partial charge in [0.25, 0.3) is 11.8 Å². The number of nitrogens with zero attached hydrogens (tertiary/aromatic N) is 1. The minimum Gasteiger partial charge on any atom is -0.496 e. The standard InChI is InChI=1S/C33H28N4O5S2/c1-21(30(38)37-33-34-18-19-43-33)44-25-15-12-23(13-16-25)35-32(40)27(36-31(39)22-8-4-3-5-9-22)20-24-14-17-29(42-24)26-10-6-7-11-28(26)41-2/h3-21H,1-2H3,(H,35,40)(H,36,39)(H,34,37,38)/b27-20+/t21-/m1/s1. The minimum absolute atomic E-state index is 0.00860. The van der Waals surface area contributed by atoms with Crippen LogP contribution in [0.25, 0.3) is 17.4 Å². The van der Waals surface area contributed by atoms with Gasteiger partial charge in [0, 0.05) is 33.8 Å². The largest absolute Gasteiger partial charge is 0.496 e. The van der Waals surface area contributed by atoms with Crippen LogP contribution in [0.2, 0.25) is 0 Å². The van der Waals surface area contributed by atoms with Gasteiger partial charge in [0.1, 0.15) is 23.0 Å². The number of aromatic nitrogens is 1. The molecular weight excluding hydrogens is 597 g/mol. The highest BCUT2D eigenvalue weighted by Gasteiger charge is 2.18. The SMILES string of the molecule is COc1ccccc1-c1ccc(/C=C(/NC(=O)c2ccccc2)C(=O)Nc2ccc(S[C@H](C)C(=O)Nc3nccs3)cc2)o1. The van der Waals surface area contributed by atoms with Gasteiger partial charge >= 0.3 is 0 Å². The number of rotatable bonds is 11. The maximum absolute atomic E-state index is 13.4. The van der Waals surface area contributed by atoms with Crippen molar-refractivity contribution in [3.05, 3.63) is 120 Å². The minimum atomic E-state index is -0.541. The van der Waals surface area contributed by atoms with E-state index in [-0.39, 0.29) is 16.9 Å². The van der Waals surface area contributed by atoms with Crippen LogP contribution in [0.4, 0.5) is 10.8 Å². The summed E-state index contributed by atoms with van der Waals surface area (Å²) in [5.74, 6) is 0.412. The Bertz CT molecular complexity index is 1770. The summed E-state index contributed by atoms with van der Waals surface area (Å²) in [6.45, 7) is 1.81. The van der Waals surface area contributed by atoms with E-state index in [1.807, 2.05) is 43.3 Å². The molecule has 9 nitrogen and oxygen atoms in total. The third-order valence-corrected chi connectivity index (χ3v) is 8.07. The highest BCUT2D eigenvalue weighted by molar-refractivity contribution is 8.00. The van der Waals surface area contributed by atoms with Crippen LogP contribution in [0.1, 0.15) is 23.0 Å². The zero-order chi connectivity index (χ0) is 30.9. The third kappa shape index (κ3) is 7.82. The second-order valence-electron chi connectivity index (χ2n) is 9.35. The van der Waals surface area contributed by atoms with Crippen LogP contribution < -0.4 is 20.7 Å². The number of nitrogens with one attached hydrogen (secondary N) is 3. The first-order valence-electron chi connectivity index (χ1n) is 13.5. The molecule has 0 aliphatic rings. The molecule has 2 aromatic heterocycles. The lowest BCUT2D eigenvalue weighted by Crippen LogP contribution is -2.30. The quantitative estimate of drug-likeness (QED) is 0.107. The highest BCUT2D eigenvalue weighted by Crippen LogP contribution is 2.31. The molecule has 11 heteroatoms. The summed E-state index contributed by atoms with van der Waals surface area (Å²) >= 11 is 2.74. The number of hydrogen-bond donors (Lipinski definition) is 3. The average molecular weight is 625 g/mol. The zero-order valence-electron chi connectivity index (χ0n) is 23.8. The van der Waals surface area contributed by atoms with Crippen LogP contribution in [-0.4, -0.2) is 35.1 Å². The summed E-state index contributed by atoms with van der Waals surface area (Å²) in [6.07, 6.45) is 3.11. The van der Waals surface area contributed by atoms with Gasteiger partial charge in [-0.15, -0.1) is 23.1 Å². The highest BCUT2D eigenvalue weighted by atomic mass is 32.2. The molecule has 0 aliphatic carbocycles. The molecule has 0 saturated carbocycles. The van der Waals surface area contributed by atoms with Crippen molar-refractivity contribution < 1.29 is 23.5 Å². The molecule has 3 aromatic carbocycles. The number of para-hydroxylation sites is 1. The van der Waals surface area contributed by atoms with Crippen molar-refractivity contribution in [2.75, 3.05) is 17.7 Å². The number of carbonyl (C=O) groups excluding carboxylic acids is 3. The molecule has 2 heterocycles. The number of hydrogen-bond acceptors (Lipinski definition) is 8. The first-order valence-corrected chi connectivity index (χ1v) is 15.3. The molecule has 5 rings (SSSR count). The van der Waals surface area contributed by atoms with E-state index in [2.05, 4.69) is 20.9 Å². The summed E-state index contributed by atoms with van der Waals surface area (Å²) < 4.78 is 11.4. The van der Waals surface area contributed by atoms with E-state index in [9.17, 15) is 14.4 Å². The Morgan fingerprint density at radius 2 is 1.68 bits per heavy atom. The summed E-state index contributed by atoms with van der Waals surface area (Å²) in [4.78, 5) is 43.8. The zero-order valence-corrected chi connectivity index (χ0v) is 25.4. The predicted molar refractivity (Wildman–Crippen MR) is 174 cm³/mol. The lowest BCUT2D eigenvalue weighted by molar-refractivity contribution is -0.115. The van der Waals surface area contributed by atoms with Crippen LogP contribution in [0.15, 0.2) is 118 Å². The van der Waals surface area contributed by atoms with Crippen molar-refractivity contribution in [3.8, 4) is 17.1 Å². The lowest BCUT2D eigenvalue weighted by atomic mass is 10.1. The van der Waals surface area contributed by atoms with Crippen LogP contribution >= 0.6 is 23.1 Å². The van der Waals surface area contributed by atoms with Gasteiger partial charge in [-0.3, -0.25) is 14.4 Å². The van der Waals surface area contributed by atoms with Crippen molar-refractivity contribution in [3.63, 3.8) is 0 Å². The smallest absolute Gasteiger partial charge is 0.272 e. The Labute approximate surface area is 262 Å². The van der Waals surface area contributed by atoms with Crippen LogP contribution in [-0.2, 0) is 9.59 Å². The molecule has 0 fully saturated rings. The number of thioether (sulfide) groups is 1. The van der Waals surface area contributed by atoms with E-state index < -0.39 is 11.8 Å². The normalized spacial score (nSPS) is 11.8. The molecule has 0 bridgehead atoms. The molecule has 0 unspecified atom stereocenters. The Hall–Kier alpha value is -5.13. The fourth-order valence-electron chi connectivity index (χ4n) is 4.07. The van der Waals surface area contributed by atoms with Gasteiger partial charge in [-0.05, 0) is 67.6 Å². The van der Waals surface area contributed by atoms with Crippen molar-refractivity contribution >= 4 is 57.7 Å². The topological polar surface area (TPSA) is 123 Å². The number of amides is 3. The molecule has 222 valence electrons. The van der Waals surface area contributed by atoms with E-state index in [0.29, 0.717) is 33.7 Å². The molecular formula is C33H28N4O5S2. The van der Waals surface area contributed by atoms with E-state index in [1.165, 1.54) is 29.2 Å². The molecule has 5 aromatic rings. The van der Waals surface area contributed by atoms with E-state index >= 15 is 0 Å². The Morgan fingerprint density at radius 1 is 0.932 bits per heavy atom. The summed E-state index contributed by atoms with van der Waals surface area (Å²) in [5, 5.41) is 10.3. The lowest BCUT2D eigenvalue weighted by Gasteiger charge is -2.13. The molecule has 0 radical (unpaired) electrons. The fraction of sp³-hybridized carbons (Fsp3) is 0.0909. The van der Waals surface area contributed by atoms with Gasteiger partial charge in [0.2, 0.25) is 5.91 Å². The first-order chi connectivity index (χ1) is 21.4. The Kier molecular flexibility index (Phi) is 9.90. The Morgan fingerprint density at radius 3 is 2.41 bits per heavy atom. The van der Waals surface area contributed by atoms with Gasteiger partial charge in [0.05, 0.1) is 17.9 Å². The monoisotopic (exact) mass is 624 g/mol. The van der Waals surface area contributed by atoms with Gasteiger partial charge in [0.15, 0.2) is 5.13 Å². The molecule has 0 spiro atoms. The van der Waals surface area contributed by atoms with E-state index in [1.54, 1.807) is 73.3 Å². The van der Waals surface area contributed by atoms with Crippen LogP contribution in [0, 0.1) is 0 Å². The number of methoxy groups -OCH3 is 1. The summed E-state index contributed by atoms with van der Waals surface area (Å²) in [6, 6.07) is 26.6. The number of thiazole rings is 1. The number of ether oxygens (including phenoxy) is 1. The molecule has 3 N–H and O–H groups in total. The van der Waals surface area contributed by atoms with E-state index in [4.69, 9.17) is 9.15 Å². The van der Waals surface area contributed by atoms with Crippen molar-refractivity contribution in [2.45, 2.75) is 17.1 Å². The molecule has 0 saturated heterocycles. The maximum atomic E-state index is 13.4. The molecule has 44 heavy (non-hydrogen) atoms. The fourth-order valence-corrected chi connectivity index (χ4v) is 5.47. The van der Waals surface area contributed by atoms with Gasteiger partial charge < -0.3 is 25.1 Å². The van der Waals surface area contributed by atoms with Crippen LogP contribution in [0.3, 0.4) is 0 Å². The maximum Gasteiger partial charge on any atom is 0.272 e. The first kappa shape index (κ1) is 30.3. The average Bonchev–Trinajstić information content (AvgIpc) is 3.74. The van der Waals surface area contributed by atoms with Crippen LogP contribution in [0.5, 0.6) is 5.75 Å². The van der Waals surface area contributed by atoms with Crippen molar-refractivity contribution in [1.82, 2.24) is 10.3 Å². The van der Waals surface area contributed by atoms with Gasteiger partial charge in [-0.25, -0.2) is 4.98 Å². The molecule has 3 amide bonds. The number of benzene rings is 3. The molecule has 1 atom stereocenters. The van der Waals surface area contributed by atoms with Gasteiger partial charge in [-0.1, -0.05) is 30.3 Å². The Balaban J connectivity index is 1.31. The summed E-state index contributed by atoms with van der Waals surface area (Å²) in [5.41, 5.74) is 1.65. The van der Waals surface area contributed by atoms with Gasteiger partial charge in [-0.2, -0.15) is 0 Å². The molecule has 0 aliphatic heterocycles. The second-order valence-corrected chi connectivity index (χ2v) is 11.7. The summed E-state index contributed by atoms with van der Waals surface area (Å²) in [7, 11) is 1.58.